The Bertz CT molecular complexity index is 2970. The number of hydrogen-bond donors (Lipinski definition) is 0. The minimum absolute atomic E-state index is 0.102. The van der Waals surface area contributed by atoms with Gasteiger partial charge in [-0.25, -0.2) is 15.0 Å². The van der Waals surface area contributed by atoms with Crippen molar-refractivity contribution in [3.05, 3.63) is 168 Å². The van der Waals surface area contributed by atoms with E-state index in [9.17, 15) is 0 Å². The number of pyridine rings is 1. The molecular weight excluding hydrogens is 697 g/mol. The quantitative estimate of drug-likeness (QED) is 0.177. The second-order valence-electron chi connectivity index (χ2n) is 14.0. The van der Waals surface area contributed by atoms with Gasteiger partial charge in [0.15, 0.2) is 17.5 Å². The van der Waals surface area contributed by atoms with E-state index in [1.165, 1.54) is 57.2 Å². The maximum absolute atomic E-state index is 5.56. The highest BCUT2D eigenvalue weighted by molar-refractivity contribution is 7.26. The highest BCUT2D eigenvalue weighted by atomic mass is 32.1. The molecule has 6 heteroatoms. The zero-order valence-corrected chi connectivity index (χ0v) is 30.9. The predicted octanol–water partition coefficient (Wildman–Crippen LogP) is 13.1. The molecule has 0 fully saturated rings. The topological polar surface area (TPSA) is 51.6 Å². The Balaban J connectivity index is 1.04. The summed E-state index contributed by atoms with van der Waals surface area (Å²) in [6.45, 7) is 0. The minimum Gasteiger partial charge on any atom is -0.251 e. The van der Waals surface area contributed by atoms with Crippen molar-refractivity contribution in [2.75, 3.05) is 0 Å². The standard InChI is InChI=1S/C48H32N4S2/c1-3-13-30(14-4-1)46-50-47(31-15-5-2-6-16-31)52-48(51-46)32-27-25-29(26-28-32)43-42-37-18-8-10-24-40(37)54-45(42)41-34(19-12-22-38(41)49-43)36-21-11-20-35-33-17-7-9-23-39(33)53-44(35)36/h1-8,10-22,24-25,27-29H,9,23,26H2. The van der Waals surface area contributed by atoms with Crippen molar-refractivity contribution in [3.63, 3.8) is 0 Å². The number of hydrogen-bond acceptors (Lipinski definition) is 6. The summed E-state index contributed by atoms with van der Waals surface area (Å²) in [6, 6.07) is 42.6. The van der Waals surface area contributed by atoms with Crippen molar-refractivity contribution in [2.24, 2.45) is 0 Å². The fourth-order valence-corrected chi connectivity index (χ4v) is 10.7. The molecule has 0 bridgehead atoms. The SMILES string of the molecule is C1=Cc2c(sc3c(-c4cccc5nc(C6C=CC(c7nc(-c8ccccc8)nc(-c8ccccc8)n7)=CC6)c6c7ccccc7sc6c45)cccc23)CC1. The van der Waals surface area contributed by atoms with Gasteiger partial charge >= 0.3 is 0 Å². The summed E-state index contributed by atoms with van der Waals surface area (Å²) < 4.78 is 3.97. The lowest BCUT2D eigenvalue weighted by atomic mass is 9.89. The van der Waals surface area contributed by atoms with E-state index >= 15 is 0 Å². The molecule has 256 valence electrons. The highest BCUT2D eigenvalue weighted by Gasteiger charge is 2.25. The number of thiophene rings is 2. The van der Waals surface area contributed by atoms with Crippen molar-refractivity contribution in [1.82, 2.24) is 19.9 Å². The Hall–Kier alpha value is -6.08. The molecule has 0 aliphatic heterocycles. The summed E-state index contributed by atoms with van der Waals surface area (Å²) in [5.74, 6) is 2.12. The number of nitrogens with zero attached hydrogens (tertiary/aromatic N) is 4. The van der Waals surface area contributed by atoms with Crippen LogP contribution in [-0.2, 0) is 6.42 Å². The Kier molecular flexibility index (Phi) is 7.45. The Labute approximate surface area is 320 Å². The lowest BCUT2D eigenvalue weighted by molar-refractivity contribution is 0.833. The van der Waals surface area contributed by atoms with Crippen LogP contribution in [0, 0.1) is 0 Å². The zero-order valence-electron chi connectivity index (χ0n) is 29.2. The summed E-state index contributed by atoms with van der Waals surface area (Å²) in [7, 11) is 0. The van der Waals surface area contributed by atoms with E-state index < -0.39 is 0 Å². The highest BCUT2D eigenvalue weighted by Crippen LogP contribution is 2.48. The Morgan fingerprint density at radius 3 is 2.04 bits per heavy atom. The third-order valence-corrected chi connectivity index (χ3v) is 13.2. The molecule has 11 rings (SSSR count). The molecule has 0 radical (unpaired) electrons. The van der Waals surface area contributed by atoms with E-state index in [2.05, 4.69) is 91.0 Å². The first-order valence-electron chi connectivity index (χ1n) is 18.5. The van der Waals surface area contributed by atoms with Gasteiger partial charge in [-0.1, -0.05) is 140 Å². The first kappa shape index (κ1) is 31.4. The molecule has 4 nitrogen and oxygen atoms in total. The molecule has 0 saturated heterocycles. The molecule has 1 unspecified atom stereocenters. The summed E-state index contributed by atoms with van der Waals surface area (Å²) >= 11 is 3.86. The van der Waals surface area contributed by atoms with Crippen LogP contribution < -0.4 is 0 Å². The van der Waals surface area contributed by atoms with Gasteiger partial charge in [0.2, 0.25) is 0 Å². The third kappa shape index (κ3) is 5.17. The Morgan fingerprint density at radius 2 is 1.26 bits per heavy atom. The first-order chi connectivity index (χ1) is 26.8. The second kappa shape index (κ2) is 12.8. The van der Waals surface area contributed by atoms with E-state index in [4.69, 9.17) is 19.9 Å². The lowest BCUT2D eigenvalue weighted by Gasteiger charge is -2.19. The third-order valence-electron chi connectivity index (χ3n) is 10.7. The van der Waals surface area contributed by atoms with Gasteiger partial charge in [0.25, 0.3) is 0 Å². The van der Waals surface area contributed by atoms with E-state index in [0.29, 0.717) is 17.5 Å². The molecular formula is C48H32N4S2. The molecule has 2 aliphatic rings. The van der Waals surface area contributed by atoms with Gasteiger partial charge in [0, 0.05) is 68.7 Å². The van der Waals surface area contributed by atoms with Crippen LogP contribution in [0.4, 0.5) is 0 Å². The Morgan fingerprint density at radius 1 is 0.556 bits per heavy atom. The fourth-order valence-electron chi connectivity index (χ4n) is 8.14. The van der Waals surface area contributed by atoms with Crippen LogP contribution in [-0.4, -0.2) is 19.9 Å². The number of aromatic nitrogens is 4. The molecule has 0 spiro atoms. The van der Waals surface area contributed by atoms with E-state index in [1.807, 2.05) is 83.3 Å². The molecule has 0 N–H and O–H groups in total. The van der Waals surface area contributed by atoms with Crippen molar-refractivity contribution in [3.8, 4) is 33.9 Å². The number of aryl methyl sites for hydroxylation is 1. The number of rotatable bonds is 5. The molecule has 5 aromatic carbocycles. The van der Waals surface area contributed by atoms with E-state index in [1.54, 1.807) is 0 Å². The smallest absolute Gasteiger partial charge is 0.164 e. The second-order valence-corrected chi connectivity index (χ2v) is 16.1. The maximum Gasteiger partial charge on any atom is 0.164 e. The van der Waals surface area contributed by atoms with Crippen LogP contribution in [0.2, 0.25) is 0 Å². The van der Waals surface area contributed by atoms with Crippen LogP contribution in [0.3, 0.4) is 0 Å². The number of allylic oxidation sites excluding steroid dienone is 5. The summed E-state index contributed by atoms with van der Waals surface area (Å²) in [5, 5.41) is 5.14. The predicted molar refractivity (Wildman–Crippen MR) is 228 cm³/mol. The summed E-state index contributed by atoms with van der Waals surface area (Å²) in [4.78, 5) is 21.9. The molecule has 4 aromatic heterocycles. The van der Waals surface area contributed by atoms with E-state index in [0.717, 1.165) is 47.2 Å². The van der Waals surface area contributed by atoms with Crippen LogP contribution in [0.5, 0.6) is 0 Å². The monoisotopic (exact) mass is 728 g/mol. The summed E-state index contributed by atoms with van der Waals surface area (Å²) in [5.41, 5.74) is 9.06. The van der Waals surface area contributed by atoms with E-state index in [-0.39, 0.29) is 5.92 Å². The molecule has 54 heavy (non-hydrogen) atoms. The van der Waals surface area contributed by atoms with Gasteiger partial charge in [-0.3, -0.25) is 4.98 Å². The molecule has 0 amide bonds. The van der Waals surface area contributed by atoms with Crippen LogP contribution >= 0.6 is 22.7 Å². The van der Waals surface area contributed by atoms with Crippen LogP contribution in [0.1, 0.15) is 40.7 Å². The average Bonchev–Trinajstić information content (AvgIpc) is 3.83. The van der Waals surface area contributed by atoms with Crippen molar-refractivity contribution in [1.29, 1.82) is 0 Å². The van der Waals surface area contributed by atoms with Gasteiger partial charge < -0.3 is 0 Å². The average molecular weight is 729 g/mol. The molecule has 1 atom stereocenters. The number of benzene rings is 5. The van der Waals surface area contributed by atoms with Crippen LogP contribution in [0.25, 0.3) is 86.7 Å². The number of fused-ring (bicyclic) bond motifs is 8. The van der Waals surface area contributed by atoms with Crippen molar-refractivity contribution in [2.45, 2.75) is 25.2 Å². The van der Waals surface area contributed by atoms with Gasteiger partial charge in [-0.05, 0) is 42.5 Å². The summed E-state index contributed by atoms with van der Waals surface area (Å²) in [6.07, 6.45) is 14.4. The first-order valence-corrected chi connectivity index (χ1v) is 20.1. The fraction of sp³-hybridized carbons (Fsp3) is 0.0833. The molecule has 0 saturated carbocycles. The molecule has 9 aromatic rings. The maximum atomic E-state index is 5.56. The minimum atomic E-state index is 0.102. The van der Waals surface area contributed by atoms with Crippen molar-refractivity contribution < 1.29 is 0 Å². The van der Waals surface area contributed by atoms with Crippen LogP contribution in [0.15, 0.2) is 146 Å². The van der Waals surface area contributed by atoms with Crippen molar-refractivity contribution >= 4 is 75.5 Å². The van der Waals surface area contributed by atoms with Gasteiger partial charge in [0.05, 0.1) is 11.2 Å². The van der Waals surface area contributed by atoms with Gasteiger partial charge in [-0.15, -0.1) is 22.7 Å². The largest absolute Gasteiger partial charge is 0.251 e. The van der Waals surface area contributed by atoms with Gasteiger partial charge in [0.1, 0.15) is 0 Å². The van der Waals surface area contributed by atoms with Gasteiger partial charge in [-0.2, -0.15) is 0 Å². The normalized spacial score (nSPS) is 15.3. The molecule has 2 aliphatic carbocycles. The lowest BCUT2D eigenvalue weighted by Crippen LogP contribution is -2.06. The zero-order chi connectivity index (χ0) is 35.6. The molecule has 4 heterocycles.